The number of hydrogen-bond acceptors (Lipinski definition) is 4. The number of nitrogens with zero attached hydrogens (tertiary/aromatic N) is 1. The van der Waals surface area contributed by atoms with Crippen LogP contribution >= 0.6 is 15.9 Å². The quantitative estimate of drug-likeness (QED) is 0.855. The number of piperidine rings is 1. The lowest BCUT2D eigenvalue weighted by Crippen LogP contribution is -2.37. The number of halogens is 1. The van der Waals surface area contributed by atoms with Crippen molar-refractivity contribution in [1.82, 2.24) is 4.90 Å². The van der Waals surface area contributed by atoms with E-state index in [2.05, 4.69) is 20.8 Å². The maximum Gasteiger partial charge on any atom is 0.336 e. The number of aliphatic hydroxyl groups excluding tert-OH is 1. The van der Waals surface area contributed by atoms with Gasteiger partial charge in [0.15, 0.2) is 0 Å². The summed E-state index contributed by atoms with van der Waals surface area (Å²) in [5, 5.41) is 10.7. The van der Waals surface area contributed by atoms with Gasteiger partial charge in [-0.2, -0.15) is 0 Å². The summed E-state index contributed by atoms with van der Waals surface area (Å²) in [5.74, 6) is 0. The van der Waals surface area contributed by atoms with Crippen LogP contribution in [0.15, 0.2) is 37.9 Å². The van der Waals surface area contributed by atoms with Crippen LogP contribution in [0.25, 0.3) is 11.0 Å². The van der Waals surface area contributed by atoms with Crippen LogP contribution in [0.4, 0.5) is 0 Å². The Labute approximate surface area is 125 Å². The van der Waals surface area contributed by atoms with Crippen molar-refractivity contribution in [3.63, 3.8) is 0 Å². The largest absolute Gasteiger partial charge is 0.423 e. The molecule has 3 rings (SSSR count). The highest BCUT2D eigenvalue weighted by molar-refractivity contribution is 9.10. The SMILES string of the molecule is O=c1cc(CN2CCCC(O)C2)c2ccc(Br)cc2o1. The van der Waals surface area contributed by atoms with Crippen LogP contribution in [-0.2, 0) is 6.54 Å². The van der Waals surface area contributed by atoms with Crippen LogP contribution < -0.4 is 5.63 Å². The van der Waals surface area contributed by atoms with E-state index < -0.39 is 0 Å². The molecule has 1 fully saturated rings. The first-order valence-electron chi connectivity index (χ1n) is 6.74. The lowest BCUT2D eigenvalue weighted by molar-refractivity contribution is 0.0670. The Morgan fingerprint density at radius 2 is 2.25 bits per heavy atom. The van der Waals surface area contributed by atoms with Gasteiger partial charge in [0.1, 0.15) is 5.58 Å². The first kappa shape index (κ1) is 13.8. The number of benzene rings is 1. The molecule has 1 aromatic carbocycles. The maximum absolute atomic E-state index is 11.7. The molecule has 1 aliphatic heterocycles. The molecular formula is C15H16BrNO3. The summed E-state index contributed by atoms with van der Waals surface area (Å²) in [4.78, 5) is 13.9. The third-order valence-corrected chi connectivity index (χ3v) is 4.16. The number of rotatable bonds is 2. The van der Waals surface area contributed by atoms with Crippen molar-refractivity contribution in [3.05, 3.63) is 44.7 Å². The molecule has 0 spiro atoms. The first-order chi connectivity index (χ1) is 9.61. The summed E-state index contributed by atoms with van der Waals surface area (Å²) < 4.78 is 6.13. The number of fused-ring (bicyclic) bond motifs is 1. The molecule has 1 unspecified atom stereocenters. The summed E-state index contributed by atoms with van der Waals surface area (Å²) in [7, 11) is 0. The summed E-state index contributed by atoms with van der Waals surface area (Å²) in [6, 6.07) is 7.26. The van der Waals surface area contributed by atoms with E-state index in [0.717, 1.165) is 34.8 Å². The molecule has 4 nitrogen and oxygen atoms in total. The third-order valence-electron chi connectivity index (χ3n) is 3.67. The second-order valence-electron chi connectivity index (χ2n) is 5.26. The van der Waals surface area contributed by atoms with E-state index in [1.807, 2.05) is 18.2 Å². The standard InChI is InChI=1S/C15H16BrNO3/c16-11-3-4-13-10(6-15(19)20-14(13)7-11)8-17-5-1-2-12(18)9-17/h3-4,6-7,12,18H,1-2,5,8-9H2. The molecule has 1 N–H and O–H groups in total. The van der Waals surface area contributed by atoms with Crippen molar-refractivity contribution in [2.24, 2.45) is 0 Å². The zero-order valence-electron chi connectivity index (χ0n) is 11.0. The zero-order valence-corrected chi connectivity index (χ0v) is 12.6. The van der Waals surface area contributed by atoms with Crippen LogP contribution in [0.2, 0.25) is 0 Å². The molecule has 5 heteroatoms. The normalized spacial score (nSPS) is 20.4. The fourth-order valence-corrected chi connectivity index (χ4v) is 3.09. The van der Waals surface area contributed by atoms with Gasteiger partial charge in [0.05, 0.1) is 6.10 Å². The van der Waals surface area contributed by atoms with Gasteiger partial charge in [-0.3, -0.25) is 4.90 Å². The van der Waals surface area contributed by atoms with Gasteiger partial charge >= 0.3 is 5.63 Å². The fourth-order valence-electron chi connectivity index (χ4n) is 2.75. The topological polar surface area (TPSA) is 53.7 Å². The monoisotopic (exact) mass is 337 g/mol. The molecule has 0 radical (unpaired) electrons. The molecule has 0 saturated carbocycles. The van der Waals surface area contributed by atoms with Crippen LogP contribution in [-0.4, -0.2) is 29.2 Å². The summed E-state index contributed by atoms with van der Waals surface area (Å²) in [6.07, 6.45) is 1.59. The van der Waals surface area contributed by atoms with E-state index in [1.165, 1.54) is 0 Å². The molecule has 1 saturated heterocycles. The van der Waals surface area contributed by atoms with Gasteiger partial charge in [0.25, 0.3) is 0 Å². The fraction of sp³-hybridized carbons (Fsp3) is 0.400. The molecule has 0 amide bonds. The molecule has 106 valence electrons. The maximum atomic E-state index is 11.7. The summed E-state index contributed by atoms with van der Waals surface area (Å²) in [5.41, 5.74) is 1.22. The van der Waals surface area contributed by atoms with Crippen LogP contribution in [0.3, 0.4) is 0 Å². The lowest BCUT2D eigenvalue weighted by Gasteiger charge is -2.30. The Balaban J connectivity index is 1.96. The molecule has 2 aromatic rings. The second kappa shape index (κ2) is 5.68. The predicted octanol–water partition coefficient (Wildman–Crippen LogP) is 2.51. The van der Waals surface area contributed by atoms with Gasteiger partial charge in [-0.15, -0.1) is 0 Å². The van der Waals surface area contributed by atoms with Crippen molar-refractivity contribution in [1.29, 1.82) is 0 Å². The Kier molecular flexibility index (Phi) is 3.92. The van der Waals surface area contributed by atoms with Gasteiger partial charge in [-0.1, -0.05) is 15.9 Å². The average molecular weight is 338 g/mol. The molecule has 0 bridgehead atoms. The predicted molar refractivity (Wildman–Crippen MR) is 80.7 cm³/mol. The van der Waals surface area contributed by atoms with Gasteiger partial charge in [-0.05, 0) is 43.1 Å². The Morgan fingerprint density at radius 3 is 3.05 bits per heavy atom. The Bertz CT molecular complexity index is 682. The lowest BCUT2D eigenvalue weighted by atomic mass is 10.1. The molecule has 2 heterocycles. The first-order valence-corrected chi connectivity index (χ1v) is 7.54. The van der Waals surface area contributed by atoms with E-state index in [-0.39, 0.29) is 11.7 Å². The zero-order chi connectivity index (χ0) is 14.1. The van der Waals surface area contributed by atoms with Crippen LogP contribution in [0.1, 0.15) is 18.4 Å². The van der Waals surface area contributed by atoms with Gasteiger partial charge < -0.3 is 9.52 Å². The third kappa shape index (κ3) is 2.95. The molecule has 1 atom stereocenters. The highest BCUT2D eigenvalue weighted by Crippen LogP contribution is 2.23. The van der Waals surface area contributed by atoms with Crippen LogP contribution in [0.5, 0.6) is 0 Å². The average Bonchev–Trinajstić information content (AvgIpc) is 2.37. The molecule has 1 aromatic heterocycles. The van der Waals surface area contributed by atoms with E-state index in [4.69, 9.17) is 4.42 Å². The van der Waals surface area contributed by atoms with E-state index in [0.29, 0.717) is 18.7 Å². The van der Waals surface area contributed by atoms with Crippen LogP contribution in [0, 0.1) is 0 Å². The molecule has 1 aliphatic rings. The number of hydrogen-bond donors (Lipinski definition) is 1. The molecule has 20 heavy (non-hydrogen) atoms. The van der Waals surface area contributed by atoms with Gasteiger partial charge in [0, 0.05) is 29.0 Å². The van der Waals surface area contributed by atoms with Crippen molar-refractivity contribution in [2.45, 2.75) is 25.5 Å². The van der Waals surface area contributed by atoms with E-state index >= 15 is 0 Å². The smallest absolute Gasteiger partial charge is 0.336 e. The highest BCUT2D eigenvalue weighted by Gasteiger charge is 2.18. The van der Waals surface area contributed by atoms with Crippen molar-refractivity contribution in [3.8, 4) is 0 Å². The minimum atomic E-state index is -0.330. The second-order valence-corrected chi connectivity index (χ2v) is 6.18. The molecule has 0 aliphatic carbocycles. The number of likely N-dealkylation sites (tertiary alicyclic amines) is 1. The minimum absolute atomic E-state index is 0.260. The Hall–Kier alpha value is -1.17. The van der Waals surface area contributed by atoms with Crippen molar-refractivity contribution < 1.29 is 9.52 Å². The van der Waals surface area contributed by atoms with Crippen molar-refractivity contribution >= 4 is 26.9 Å². The van der Waals surface area contributed by atoms with Crippen molar-refractivity contribution in [2.75, 3.05) is 13.1 Å². The number of aliphatic hydroxyl groups is 1. The van der Waals surface area contributed by atoms with E-state index in [1.54, 1.807) is 6.07 Å². The Morgan fingerprint density at radius 1 is 1.40 bits per heavy atom. The van der Waals surface area contributed by atoms with Gasteiger partial charge in [0.2, 0.25) is 0 Å². The summed E-state index contributed by atoms with van der Waals surface area (Å²) in [6.45, 7) is 2.29. The van der Waals surface area contributed by atoms with E-state index in [9.17, 15) is 9.90 Å². The number of β-amino-alcohol motifs (C(OH)–C–C–N with tert-alkyl or cyclic N) is 1. The highest BCUT2D eigenvalue weighted by atomic mass is 79.9. The molecular weight excluding hydrogens is 322 g/mol. The summed E-state index contributed by atoms with van der Waals surface area (Å²) >= 11 is 3.38. The van der Waals surface area contributed by atoms with Gasteiger partial charge in [-0.25, -0.2) is 4.79 Å². The minimum Gasteiger partial charge on any atom is -0.423 e.